The molecule has 79 heavy (non-hydrogen) atoms. The second-order valence-electron chi connectivity index (χ2n) is 19.1. The highest BCUT2D eigenvalue weighted by atomic mass is 32.1. The van der Waals surface area contributed by atoms with Gasteiger partial charge in [0.1, 0.15) is 23.3 Å². The van der Waals surface area contributed by atoms with E-state index in [4.69, 9.17) is 20.3 Å². The summed E-state index contributed by atoms with van der Waals surface area (Å²) in [6, 6.07) is 18.1. The van der Waals surface area contributed by atoms with Crippen molar-refractivity contribution in [2.75, 3.05) is 26.4 Å². The van der Waals surface area contributed by atoms with Gasteiger partial charge in [0, 0.05) is 80.0 Å². The van der Waals surface area contributed by atoms with Crippen LogP contribution in [-0.4, -0.2) is 107 Å². The van der Waals surface area contributed by atoms with Crippen LogP contribution in [0.25, 0.3) is 64.2 Å². The van der Waals surface area contributed by atoms with Crippen LogP contribution < -0.4 is 22.2 Å². The number of aryl methyl sites for hydroxylation is 2. The van der Waals surface area contributed by atoms with Crippen molar-refractivity contribution < 1.29 is 51.9 Å². The average Bonchev–Trinajstić information content (AvgIpc) is 4.42. The highest BCUT2D eigenvalue weighted by Gasteiger charge is 2.28. The molecule has 2 aliphatic heterocycles. The fraction of sp³-hybridized carbons (Fsp3) is 0.250. The number of aliphatic hydroxyl groups is 2. The van der Waals surface area contributed by atoms with E-state index in [-0.39, 0.29) is 45.7 Å². The molecule has 2 saturated heterocycles. The standard InChI is InChI=1S/C28H24F2N4O4S.C23H15F2N3O3S.C5H11NO2/c1-33-11-18-16(3-2-4-23(18)32-33)15-9-21(29)19(22(30)10-15)12-34-13-20(26-17(28(34)37)6-8-39-26)27(36)31-24-5-7-38-14-25(24)35;1-27-9-15-13(3-2-4-20(15)26-27)12-7-18(24)16(19(25)8-12)10-28-11-17(23(30)31)21-14(22(28)29)5-6-32-21;6-4-1-2-8-3-5(4)7/h2-4,6,8-11,13,24-25,35H,5,7,12,14H2,1H3,(H,31,36);2-9,11H,10H2,1H3,(H,30,31);4-5,7H,1-3,6H2/t24-,25-;;4-,5-/m0.0/s1. The van der Waals surface area contributed by atoms with Crippen LogP contribution in [-0.2, 0) is 36.7 Å². The maximum atomic E-state index is 15.4. The molecule has 6 N–H and O–H groups in total. The zero-order chi connectivity index (χ0) is 55.8. The van der Waals surface area contributed by atoms with Crippen molar-refractivity contribution in [1.82, 2.24) is 34.0 Å². The van der Waals surface area contributed by atoms with Gasteiger partial charge in [0.15, 0.2) is 0 Å². The van der Waals surface area contributed by atoms with Gasteiger partial charge in [0.25, 0.3) is 17.0 Å². The Morgan fingerprint density at radius 3 is 1.56 bits per heavy atom. The fourth-order valence-electron chi connectivity index (χ4n) is 9.64. The van der Waals surface area contributed by atoms with Gasteiger partial charge < -0.3 is 45.0 Å². The van der Waals surface area contributed by atoms with Crippen LogP contribution in [0.2, 0.25) is 0 Å². The van der Waals surface area contributed by atoms with E-state index < -0.39 is 77.6 Å². The molecule has 2 aliphatic rings. The first-order valence-electron chi connectivity index (χ1n) is 24.8. The predicted molar refractivity (Wildman–Crippen MR) is 292 cm³/mol. The number of rotatable bonds is 9. The molecule has 23 heteroatoms. The van der Waals surface area contributed by atoms with Gasteiger partial charge in [-0.3, -0.25) is 23.7 Å². The quantitative estimate of drug-likeness (QED) is 0.0882. The van der Waals surface area contributed by atoms with Crippen LogP contribution in [0, 0.1) is 23.3 Å². The average molecular weight is 1120 g/mol. The SMILES string of the molecule is Cn1cc2c(-c3cc(F)c(Cn4cc(C(=O)N[C@H]5CCOC[C@@H]5O)c5sccc5c4=O)c(F)c3)cccc2n1.Cn1cc2c(-c3cc(F)c(Cn4cc(C(=O)O)c5sccc5c4=O)c(F)c3)cccc2n1.N[C@H]1CCOC[C@@H]1O. The van der Waals surface area contributed by atoms with Crippen molar-refractivity contribution in [3.05, 3.63) is 175 Å². The molecule has 1 amide bonds. The highest BCUT2D eigenvalue weighted by molar-refractivity contribution is 7.18. The van der Waals surface area contributed by atoms with E-state index in [1.54, 1.807) is 76.9 Å². The number of pyridine rings is 2. The monoisotopic (exact) mass is 1120 g/mol. The number of carboxylic acid groups (broad SMARTS) is 1. The summed E-state index contributed by atoms with van der Waals surface area (Å²) in [6.45, 7) is 0.779. The number of carbonyl (C=O) groups excluding carboxylic acids is 1. The molecule has 17 nitrogen and oxygen atoms in total. The van der Waals surface area contributed by atoms with Crippen LogP contribution in [0.15, 0.2) is 118 Å². The van der Waals surface area contributed by atoms with Crippen LogP contribution in [0.4, 0.5) is 17.6 Å². The van der Waals surface area contributed by atoms with E-state index in [0.717, 1.165) is 43.9 Å². The second-order valence-corrected chi connectivity index (χ2v) is 20.9. The number of amides is 1. The minimum Gasteiger partial charge on any atom is -0.478 e. The molecule has 0 spiro atoms. The summed E-state index contributed by atoms with van der Waals surface area (Å²) in [4.78, 5) is 50.8. The van der Waals surface area contributed by atoms with Crippen molar-refractivity contribution in [1.29, 1.82) is 0 Å². The number of aromatic nitrogens is 6. The largest absolute Gasteiger partial charge is 0.478 e. The van der Waals surface area contributed by atoms with E-state index >= 15 is 17.6 Å². The van der Waals surface area contributed by atoms with Crippen LogP contribution in [0.5, 0.6) is 0 Å². The van der Waals surface area contributed by atoms with Crippen molar-refractivity contribution >= 4 is 76.5 Å². The topological polar surface area (TPSA) is 231 Å². The molecule has 4 aromatic carbocycles. The summed E-state index contributed by atoms with van der Waals surface area (Å²) >= 11 is 2.36. The first-order chi connectivity index (χ1) is 37.9. The second kappa shape index (κ2) is 22.8. The molecule has 8 heterocycles. The molecule has 4 atom stereocenters. The van der Waals surface area contributed by atoms with Crippen molar-refractivity contribution in [3.63, 3.8) is 0 Å². The van der Waals surface area contributed by atoms with Gasteiger partial charge in [-0.05, 0) is 94.4 Å². The van der Waals surface area contributed by atoms with E-state index in [1.165, 1.54) is 47.9 Å². The Balaban J connectivity index is 0.000000158. The molecule has 6 aromatic heterocycles. The summed E-state index contributed by atoms with van der Waals surface area (Å²) in [5.74, 6) is -4.96. The van der Waals surface area contributed by atoms with E-state index in [1.807, 2.05) is 12.1 Å². The first kappa shape index (κ1) is 54.5. The predicted octanol–water partition coefficient (Wildman–Crippen LogP) is 7.56. The Morgan fingerprint density at radius 1 is 0.658 bits per heavy atom. The maximum absolute atomic E-state index is 15.4. The third-order valence-electron chi connectivity index (χ3n) is 13.8. The molecular formula is C56H50F4N8O9S2. The van der Waals surface area contributed by atoms with Gasteiger partial charge in [-0.15, -0.1) is 22.7 Å². The number of aliphatic hydroxyl groups excluding tert-OH is 2. The van der Waals surface area contributed by atoms with Crippen molar-refractivity contribution in [2.24, 2.45) is 19.8 Å². The number of hydrogen-bond donors (Lipinski definition) is 5. The Labute approximate surface area is 453 Å². The minimum absolute atomic E-state index is 0.0660. The van der Waals surface area contributed by atoms with Gasteiger partial charge in [0.05, 0.1) is 86.9 Å². The Bertz CT molecular complexity index is 4040. The van der Waals surface area contributed by atoms with Gasteiger partial charge >= 0.3 is 5.97 Å². The summed E-state index contributed by atoms with van der Waals surface area (Å²) in [7, 11) is 3.54. The smallest absolute Gasteiger partial charge is 0.338 e. The first-order valence-corrected chi connectivity index (χ1v) is 26.5. The number of aromatic carboxylic acids is 1. The number of fused-ring (bicyclic) bond motifs is 4. The summed E-state index contributed by atoms with van der Waals surface area (Å²) in [5, 5.41) is 45.4. The number of nitrogens with zero attached hydrogens (tertiary/aromatic N) is 6. The van der Waals surface area contributed by atoms with Crippen LogP contribution >= 0.6 is 22.7 Å². The van der Waals surface area contributed by atoms with Gasteiger partial charge in [-0.1, -0.05) is 24.3 Å². The number of halogens is 4. The zero-order valence-electron chi connectivity index (χ0n) is 42.2. The lowest BCUT2D eigenvalue weighted by molar-refractivity contribution is -0.0260. The number of benzene rings is 4. The summed E-state index contributed by atoms with van der Waals surface area (Å²) in [5.41, 5.74) is 7.34. The Morgan fingerprint density at radius 2 is 1.11 bits per heavy atom. The maximum Gasteiger partial charge on any atom is 0.338 e. The van der Waals surface area contributed by atoms with Gasteiger partial charge in [0.2, 0.25) is 0 Å². The third-order valence-corrected chi connectivity index (χ3v) is 15.7. The van der Waals surface area contributed by atoms with Crippen molar-refractivity contribution in [3.8, 4) is 22.3 Å². The molecule has 408 valence electrons. The molecule has 0 saturated carbocycles. The lowest BCUT2D eigenvalue weighted by Gasteiger charge is -2.28. The molecule has 0 aliphatic carbocycles. The van der Waals surface area contributed by atoms with E-state index in [2.05, 4.69) is 15.5 Å². The van der Waals surface area contributed by atoms with Gasteiger partial charge in [-0.25, -0.2) is 22.4 Å². The molecule has 10 aromatic rings. The lowest BCUT2D eigenvalue weighted by Crippen LogP contribution is -2.48. The summed E-state index contributed by atoms with van der Waals surface area (Å²) in [6.07, 6.45) is 5.94. The molecule has 0 bridgehead atoms. The Hall–Kier alpha value is -7.90. The lowest BCUT2D eigenvalue weighted by atomic mass is 9.99. The number of nitrogens with one attached hydrogen (secondary N) is 1. The Kier molecular flexibility index (Phi) is 15.7. The molecular weight excluding hydrogens is 1070 g/mol. The molecule has 12 rings (SSSR count). The molecule has 0 radical (unpaired) electrons. The minimum atomic E-state index is -1.22. The number of nitrogens with two attached hydrogens (primary N) is 1. The molecule has 2 fully saturated rings. The highest BCUT2D eigenvalue weighted by Crippen LogP contribution is 2.33. The zero-order valence-corrected chi connectivity index (χ0v) is 43.9. The van der Waals surface area contributed by atoms with Gasteiger partial charge in [-0.2, -0.15) is 10.2 Å². The number of thiophene rings is 2. The third kappa shape index (κ3) is 11.2. The fourth-order valence-corrected chi connectivity index (χ4v) is 11.4. The summed E-state index contributed by atoms with van der Waals surface area (Å²) < 4.78 is 77.2. The van der Waals surface area contributed by atoms with E-state index in [9.17, 15) is 29.4 Å². The number of ether oxygens (including phenoxy) is 2. The van der Waals surface area contributed by atoms with Crippen LogP contribution in [0.3, 0.4) is 0 Å². The van der Waals surface area contributed by atoms with E-state index in [0.29, 0.717) is 68.9 Å². The molecule has 0 unspecified atom stereocenters. The van der Waals surface area contributed by atoms with Crippen LogP contribution in [0.1, 0.15) is 44.7 Å². The number of carboxylic acids is 1. The number of carbonyl (C=O) groups is 2. The van der Waals surface area contributed by atoms with Crippen molar-refractivity contribution in [2.45, 2.75) is 50.2 Å². The normalized spacial score (nSPS) is 17.4. The number of hydrogen-bond acceptors (Lipinski definition) is 13.